The highest BCUT2D eigenvalue weighted by Gasteiger charge is 2.13. The Morgan fingerprint density at radius 2 is 2.05 bits per heavy atom. The van der Waals surface area contributed by atoms with Crippen LogP contribution in [0, 0.1) is 5.92 Å². The smallest absolute Gasteiger partial charge is 0.123 e. The molecule has 0 heterocycles. The van der Waals surface area contributed by atoms with Crippen molar-refractivity contribution < 1.29 is 4.79 Å². The molecule has 0 spiro atoms. The van der Waals surface area contributed by atoms with Crippen LogP contribution in [0.5, 0.6) is 0 Å². The van der Waals surface area contributed by atoms with Crippen LogP contribution >= 0.6 is 0 Å². The van der Waals surface area contributed by atoms with Gasteiger partial charge in [-0.2, -0.15) is 0 Å². The minimum atomic E-state index is 0.280. The Morgan fingerprint density at radius 1 is 1.26 bits per heavy atom. The predicted octanol–water partition coefficient (Wildman–Crippen LogP) is 5.38. The van der Waals surface area contributed by atoms with E-state index in [-0.39, 0.29) is 5.92 Å². The first-order valence-electron chi connectivity index (χ1n) is 7.54. The van der Waals surface area contributed by atoms with Gasteiger partial charge in [-0.1, -0.05) is 34.9 Å². The second kappa shape index (κ2) is 8.90. The van der Waals surface area contributed by atoms with Crippen molar-refractivity contribution in [2.75, 3.05) is 0 Å². The summed E-state index contributed by atoms with van der Waals surface area (Å²) >= 11 is 0. The topological polar surface area (TPSA) is 17.1 Å². The number of hydrogen-bond acceptors (Lipinski definition) is 1. The van der Waals surface area contributed by atoms with Crippen molar-refractivity contribution in [3.05, 3.63) is 34.9 Å². The van der Waals surface area contributed by atoms with Crippen molar-refractivity contribution >= 4 is 6.29 Å². The Morgan fingerprint density at radius 3 is 2.74 bits per heavy atom. The van der Waals surface area contributed by atoms with E-state index in [4.69, 9.17) is 0 Å². The van der Waals surface area contributed by atoms with Crippen molar-refractivity contribution in [1.82, 2.24) is 0 Å². The number of aldehydes is 1. The van der Waals surface area contributed by atoms with Gasteiger partial charge in [-0.15, -0.1) is 0 Å². The highest BCUT2D eigenvalue weighted by Crippen LogP contribution is 2.25. The summed E-state index contributed by atoms with van der Waals surface area (Å²) in [6, 6.07) is 0. The van der Waals surface area contributed by atoms with E-state index in [0.29, 0.717) is 0 Å². The summed E-state index contributed by atoms with van der Waals surface area (Å²) in [7, 11) is 0. The third kappa shape index (κ3) is 7.15. The summed E-state index contributed by atoms with van der Waals surface area (Å²) in [5, 5.41) is 0. The molecule has 0 radical (unpaired) electrons. The molecule has 0 saturated carbocycles. The Hall–Kier alpha value is -1.11. The molecule has 1 nitrogen and oxygen atoms in total. The molecule has 0 aromatic rings. The average Bonchev–Trinajstić information content (AvgIpc) is 2.38. The molecule has 0 aromatic carbocycles. The number of hydrogen-bond donors (Lipinski definition) is 0. The quantitative estimate of drug-likeness (QED) is 0.443. The molecule has 0 aliphatic heterocycles. The number of rotatable bonds is 7. The second-order valence-electron chi connectivity index (χ2n) is 5.95. The van der Waals surface area contributed by atoms with E-state index in [2.05, 4.69) is 39.0 Å². The van der Waals surface area contributed by atoms with Crippen LogP contribution in [0.15, 0.2) is 34.9 Å². The zero-order chi connectivity index (χ0) is 14.1. The molecule has 0 saturated heterocycles. The lowest BCUT2D eigenvalue weighted by Crippen LogP contribution is -2.07. The fourth-order valence-corrected chi connectivity index (χ4v) is 2.54. The summed E-state index contributed by atoms with van der Waals surface area (Å²) < 4.78 is 0. The maximum Gasteiger partial charge on any atom is 0.123 e. The Kier molecular flexibility index (Phi) is 7.47. The fourth-order valence-electron chi connectivity index (χ4n) is 2.54. The Balaban J connectivity index is 2.26. The van der Waals surface area contributed by atoms with E-state index >= 15 is 0 Å². The second-order valence-corrected chi connectivity index (χ2v) is 5.95. The number of carbonyl (C=O) groups excluding carboxylic acids is 1. The van der Waals surface area contributed by atoms with Gasteiger partial charge >= 0.3 is 0 Å². The fraction of sp³-hybridized carbons (Fsp3) is 0.611. The van der Waals surface area contributed by atoms with Crippen LogP contribution in [0.3, 0.4) is 0 Å². The maximum absolute atomic E-state index is 10.8. The summed E-state index contributed by atoms with van der Waals surface area (Å²) in [6.45, 7) is 6.53. The van der Waals surface area contributed by atoms with Gasteiger partial charge in [0.2, 0.25) is 0 Å². The molecule has 19 heavy (non-hydrogen) atoms. The Bertz CT molecular complexity index is 367. The van der Waals surface area contributed by atoms with Gasteiger partial charge in [0.1, 0.15) is 6.29 Å². The lowest BCUT2D eigenvalue weighted by Gasteiger charge is -2.17. The molecule has 0 N–H and O–H groups in total. The van der Waals surface area contributed by atoms with Gasteiger partial charge in [-0.25, -0.2) is 0 Å². The van der Waals surface area contributed by atoms with Gasteiger partial charge < -0.3 is 4.79 Å². The summed E-state index contributed by atoms with van der Waals surface area (Å²) in [4.78, 5) is 10.8. The summed E-state index contributed by atoms with van der Waals surface area (Å²) in [5.41, 5.74) is 4.37. The first-order valence-corrected chi connectivity index (χ1v) is 7.54. The maximum atomic E-state index is 10.8. The predicted molar refractivity (Wildman–Crippen MR) is 83.1 cm³/mol. The molecule has 0 amide bonds. The normalized spacial score (nSPS) is 19.8. The molecular formula is C18H28O. The molecule has 1 rings (SSSR count). The summed E-state index contributed by atoms with van der Waals surface area (Å²) in [5.74, 6) is 0.280. The molecular weight excluding hydrogens is 232 g/mol. The van der Waals surface area contributed by atoms with Crippen LogP contribution in [-0.2, 0) is 4.79 Å². The average molecular weight is 260 g/mol. The van der Waals surface area contributed by atoms with Crippen molar-refractivity contribution in [3.8, 4) is 0 Å². The van der Waals surface area contributed by atoms with Gasteiger partial charge in [0, 0.05) is 5.92 Å². The standard InChI is InChI=1S/C18H28O/c1-15(2)7-4-8-16(3)9-5-10-17-11-6-12-18(13-17)14-19/h7,9,11,14,18H,4-6,8,10,12-13H2,1-3H3/b16-9+/t18-/m0/s1. The van der Waals surface area contributed by atoms with Crippen LogP contribution < -0.4 is 0 Å². The van der Waals surface area contributed by atoms with Crippen molar-refractivity contribution in [3.63, 3.8) is 0 Å². The molecule has 0 aromatic heterocycles. The minimum Gasteiger partial charge on any atom is -0.303 e. The molecule has 0 unspecified atom stereocenters. The zero-order valence-corrected chi connectivity index (χ0v) is 12.7. The third-order valence-electron chi connectivity index (χ3n) is 3.74. The van der Waals surface area contributed by atoms with Gasteiger partial charge in [-0.05, 0) is 65.7 Å². The van der Waals surface area contributed by atoms with E-state index in [9.17, 15) is 4.79 Å². The lowest BCUT2D eigenvalue weighted by molar-refractivity contribution is -0.111. The van der Waals surface area contributed by atoms with Gasteiger partial charge in [0.05, 0.1) is 0 Å². The van der Waals surface area contributed by atoms with E-state index in [0.717, 1.165) is 44.8 Å². The third-order valence-corrected chi connectivity index (χ3v) is 3.74. The van der Waals surface area contributed by atoms with Crippen LogP contribution in [0.25, 0.3) is 0 Å². The largest absolute Gasteiger partial charge is 0.303 e. The van der Waals surface area contributed by atoms with Gasteiger partial charge in [0.15, 0.2) is 0 Å². The van der Waals surface area contributed by atoms with Crippen LogP contribution in [0.2, 0.25) is 0 Å². The lowest BCUT2D eigenvalue weighted by atomic mass is 9.88. The summed E-state index contributed by atoms with van der Waals surface area (Å²) in [6.07, 6.45) is 15.8. The highest BCUT2D eigenvalue weighted by molar-refractivity contribution is 5.54. The van der Waals surface area contributed by atoms with Gasteiger partial charge in [-0.3, -0.25) is 0 Å². The molecule has 1 heteroatoms. The van der Waals surface area contributed by atoms with Gasteiger partial charge in [0.25, 0.3) is 0 Å². The Labute approximate surface area is 118 Å². The van der Waals surface area contributed by atoms with E-state index < -0.39 is 0 Å². The van der Waals surface area contributed by atoms with Crippen LogP contribution in [-0.4, -0.2) is 6.29 Å². The number of carbonyl (C=O) groups is 1. The monoisotopic (exact) mass is 260 g/mol. The zero-order valence-electron chi connectivity index (χ0n) is 12.7. The molecule has 0 bridgehead atoms. The van der Waals surface area contributed by atoms with E-state index in [1.54, 1.807) is 0 Å². The van der Waals surface area contributed by atoms with Crippen molar-refractivity contribution in [1.29, 1.82) is 0 Å². The van der Waals surface area contributed by atoms with Crippen molar-refractivity contribution in [2.24, 2.45) is 5.92 Å². The van der Waals surface area contributed by atoms with E-state index in [1.807, 2.05) is 0 Å². The van der Waals surface area contributed by atoms with Crippen molar-refractivity contribution in [2.45, 2.75) is 65.7 Å². The molecule has 0 fully saturated rings. The SMILES string of the molecule is CC(C)=CCC/C(C)=C/CCC1=CCC[C@H](C=O)C1. The number of allylic oxidation sites excluding steroid dienone is 6. The molecule has 1 aliphatic rings. The molecule has 1 atom stereocenters. The van der Waals surface area contributed by atoms with E-state index in [1.165, 1.54) is 23.1 Å². The first-order chi connectivity index (χ1) is 9.11. The molecule has 1 aliphatic carbocycles. The van der Waals surface area contributed by atoms with Crippen LogP contribution in [0.1, 0.15) is 65.7 Å². The molecule has 106 valence electrons. The highest BCUT2D eigenvalue weighted by atomic mass is 16.1. The minimum absolute atomic E-state index is 0.280. The van der Waals surface area contributed by atoms with Crippen LogP contribution in [0.4, 0.5) is 0 Å². The first kappa shape index (κ1) is 15.9.